The number of aryl methyl sites for hydroxylation is 1. The van der Waals surface area contributed by atoms with Crippen LogP contribution in [0.15, 0.2) is 18.2 Å². The molecule has 1 saturated heterocycles. The summed E-state index contributed by atoms with van der Waals surface area (Å²) in [6.07, 6.45) is 6.43. The van der Waals surface area contributed by atoms with E-state index >= 15 is 0 Å². The SMILES string of the molecule is CCc1cc(N2CCCCCC2)ccc1N. The summed E-state index contributed by atoms with van der Waals surface area (Å²) in [7, 11) is 0. The molecule has 0 unspecified atom stereocenters. The molecule has 0 aliphatic carbocycles. The van der Waals surface area contributed by atoms with Crippen LogP contribution in [0.5, 0.6) is 0 Å². The second-order valence-corrected chi connectivity index (χ2v) is 4.64. The number of hydrogen-bond donors (Lipinski definition) is 1. The molecule has 2 N–H and O–H groups in total. The lowest BCUT2D eigenvalue weighted by molar-refractivity contribution is 0.726. The largest absolute Gasteiger partial charge is 0.399 e. The van der Waals surface area contributed by atoms with Crippen LogP contribution in [-0.4, -0.2) is 13.1 Å². The molecule has 0 bridgehead atoms. The Kier molecular flexibility index (Phi) is 3.70. The predicted octanol–water partition coefficient (Wildman–Crippen LogP) is 3.21. The van der Waals surface area contributed by atoms with Crippen molar-refractivity contribution in [2.45, 2.75) is 39.0 Å². The molecule has 1 aliphatic heterocycles. The molecule has 0 aromatic heterocycles. The third kappa shape index (κ3) is 2.49. The van der Waals surface area contributed by atoms with E-state index in [4.69, 9.17) is 5.73 Å². The zero-order valence-corrected chi connectivity index (χ0v) is 10.2. The van der Waals surface area contributed by atoms with E-state index in [-0.39, 0.29) is 0 Å². The summed E-state index contributed by atoms with van der Waals surface area (Å²) in [5.74, 6) is 0. The van der Waals surface area contributed by atoms with Crippen molar-refractivity contribution in [1.29, 1.82) is 0 Å². The molecule has 1 fully saturated rings. The quantitative estimate of drug-likeness (QED) is 0.772. The van der Waals surface area contributed by atoms with Gasteiger partial charge in [-0.1, -0.05) is 19.8 Å². The number of benzene rings is 1. The van der Waals surface area contributed by atoms with Crippen molar-refractivity contribution in [3.05, 3.63) is 23.8 Å². The smallest absolute Gasteiger partial charge is 0.0370 e. The van der Waals surface area contributed by atoms with Gasteiger partial charge in [-0.05, 0) is 43.0 Å². The number of anilines is 2. The molecular formula is C14H22N2. The standard InChI is InChI=1S/C14H22N2/c1-2-12-11-13(7-8-14(12)15)16-9-5-3-4-6-10-16/h7-8,11H,2-6,9-10,15H2,1H3. The highest BCUT2D eigenvalue weighted by Gasteiger charge is 2.10. The van der Waals surface area contributed by atoms with E-state index in [0.717, 1.165) is 12.1 Å². The van der Waals surface area contributed by atoms with Gasteiger partial charge in [0.1, 0.15) is 0 Å². The van der Waals surface area contributed by atoms with Crippen LogP contribution >= 0.6 is 0 Å². The van der Waals surface area contributed by atoms with Gasteiger partial charge in [0, 0.05) is 24.5 Å². The minimum atomic E-state index is 0.932. The highest BCUT2D eigenvalue weighted by atomic mass is 15.1. The molecule has 0 saturated carbocycles. The van der Waals surface area contributed by atoms with Crippen molar-refractivity contribution in [3.8, 4) is 0 Å². The lowest BCUT2D eigenvalue weighted by Gasteiger charge is -2.23. The average molecular weight is 218 g/mol. The predicted molar refractivity (Wildman–Crippen MR) is 70.9 cm³/mol. The molecule has 0 atom stereocenters. The average Bonchev–Trinajstić information content (AvgIpc) is 2.58. The molecule has 2 heteroatoms. The molecule has 0 spiro atoms. The molecule has 16 heavy (non-hydrogen) atoms. The third-order valence-corrected chi connectivity index (χ3v) is 3.48. The molecule has 2 nitrogen and oxygen atoms in total. The van der Waals surface area contributed by atoms with Gasteiger partial charge in [-0.3, -0.25) is 0 Å². The van der Waals surface area contributed by atoms with Crippen molar-refractivity contribution in [2.75, 3.05) is 23.7 Å². The maximum Gasteiger partial charge on any atom is 0.0370 e. The van der Waals surface area contributed by atoms with Crippen molar-refractivity contribution in [3.63, 3.8) is 0 Å². The Morgan fingerprint density at radius 2 is 1.81 bits per heavy atom. The summed E-state index contributed by atoms with van der Waals surface area (Å²) in [6, 6.07) is 6.49. The monoisotopic (exact) mass is 218 g/mol. The minimum absolute atomic E-state index is 0.932. The van der Waals surface area contributed by atoms with E-state index < -0.39 is 0 Å². The van der Waals surface area contributed by atoms with Gasteiger partial charge < -0.3 is 10.6 Å². The zero-order chi connectivity index (χ0) is 11.4. The Morgan fingerprint density at radius 1 is 1.12 bits per heavy atom. The number of hydrogen-bond acceptors (Lipinski definition) is 2. The van der Waals surface area contributed by atoms with Crippen LogP contribution in [0, 0.1) is 0 Å². The maximum atomic E-state index is 5.94. The first-order valence-electron chi connectivity index (χ1n) is 6.44. The first-order chi connectivity index (χ1) is 7.81. The first-order valence-corrected chi connectivity index (χ1v) is 6.44. The normalized spacial score (nSPS) is 17.2. The highest BCUT2D eigenvalue weighted by Crippen LogP contribution is 2.24. The Bertz CT molecular complexity index is 339. The van der Waals surface area contributed by atoms with E-state index in [2.05, 4.69) is 30.0 Å². The molecule has 0 amide bonds. The number of nitrogens with two attached hydrogens (primary N) is 1. The maximum absolute atomic E-state index is 5.94. The van der Waals surface area contributed by atoms with E-state index in [1.54, 1.807) is 0 Å². The van der Waals surface area contributed by atoms with Gasteiger partial charge in [-0.15, -0.1) is 0 Å². The van der Waals surface area contributed by atoms with Crippen molar-refractivity contribution in [1.82, 2.24) is 0 Å². The first kappa shape index (κ1) is 11.3. The Hall–Kier alpha value is -1.18. The van der Waals surface area contributed by atoms with Gasteiger partial charge in [0.05, 0.1) is 0 Å². The molecule has 1 heterocycles. The fourth-order valence-corrected chi connectivity index (χ4v) is 2.42. The molecule has 88 valence electrons. The molecular weight excluding hydrogens is 196 g/mol. The van der Waals surface area contributed by atoms with E-state index in [1.165, 1.54) is 50.0 Å². The molecule has 1 aliphatic rings. The Labute approximate surface area is 98.4 Å². The van der Waals surface area contributed by atoms with Crippen LogP contribution in [0.2, 0.25) is 0 Å². The van der Waals surface area contributed by atoms with Crippen LogP contribution in [0.4, 0.5) is 11.4 Å². The summed E-state index contributed by atoms with van der Waals surface area (Å²) in [4.78, 5) is 2.51. The Morgan fingerprint density at radius 3 is 2.44 bits per heavy atom. The molecule has 2 rings (SSSR count). The third-order valence-electron chi connectivity index (χ3n) is 3.48. The number of nitrogen functional groups attached to an aromatic ring is 1. The molecule has 0 radical (unpaired) electrons. The minimum Gasteiger partial charge on any atom is -0.399 e. The van der Waals surface area contributed by atoms with Gasteiger partial charge in [-0.2, -0.15) is 0 Å². The van der Waals surface area contributed by atoms with Crippen molar-refractivity contribution >= 4 is 11.4 Å². The fraction of sp³-hybridized carbons (Fsp3) is 0.571. The van der Waals surface area contributed by atoms with Gasteiger partial charge in [0.2, 0.25) is 0 Å². The van der Waals surface area contributed by atoms with E-state index in [9.17, 15) is 0 Å². The highest BCUT2D eigenvalue weighted by molar-refractivity contribution is 5.58. The van der Waals surface area contributed by atoms with Crippen LogP contribution in [0.1, 0.15) is 38.2 Å². The van der Waals surface area contributed by atoms with Crippen molar-refractivity contribution in [2.24, 2.45) is 0 Å². The number of rotatable bonds is 2. The van der Waals surface area contributed by atoms with E-state index in [1.807, 2.05) is 0 Å². The lowest BCUT2D eigenvalue weighted by Crippen LogP contribution is -2.23. The van der Waals surface area contributed by atoms with Crippen LogP contribution in [-0.2, 0) is 6.42 Å². The zero-order valence-electron chi connectivity index (χ0n) is 10.2. The van der Waals surface area contributed by atoms with E-state index in [0.29, 0.717) is 0 Å². The summed E-state index contributed by atoms with van der Waals surface area (Å²) in [6.45, 7) is 4.57. The topological polar surface area (TPSA) is 29.3 Å². The second-order valence-electron chi connectivity index (χ2n) is 4.64. The van der Waals surface area contributed by atoms with Gasteiger partial charge in [0.25, 0.3) is 0 Å². The van der Waals surface area contributed by atoms with Gasteiger partial charge in [-0.25, -0.2) is 0 Å². The second kappa shape index (κ2) is 5.24. The lowest BCUT2D eigenvalue weighted by atomic mass is 10.1. The van der Waals surface area contributed by atoms with Gasteiger partial charge in [0.15, 0.2) is 0 Å². The summed E-state index contributed by atoms with van der Waals surface area (Å²) < 4.78 is 0. The van der Waals surface area contributed by atoms with Crippen LogP contribution in [0.3, 0.4) is 0 Å². The number of nitrogens with zero attached hydrogens (tertiary/aromatic N) is 1. The Balaban J connectivity index is 2.18. The summed E-state index contributed by atoms with van der Waals surface area (Å²) in [5.41, 5.74) is 9.51. The molecule has 1 aromatic carbocycles. The summed E-state index contributed by atoms with van der Waals surface area (Å²) in [5, 5.41) is 0. The van der Waals surface area contributed by atoms with Crippen LogP contribution in [0.25, 0.3) is 0 Å². The fourth-order valence-electron chi connectivity index (χ4n) is 2.42. The van der Waals surface area contributed by atoms with Gasteiger partial charge >= 0.3 is 0 Å². The van der Waals surface area contributed by atoms with Crippen LogP contribution < -0.4 is 10.6 Å². The molecule has 1 aromatic rings. The van der Waals surface area contributed by atoms with Crippen molar-refractivity contribution < 1.29 is 0 Å². The summed E-state index contributed by atoms with van der Waals surface area (Å²) >= 11 is 0.